The van der Waals surface area contributed by atoms with E-state index in [0.29, 0.717) is 5.92 Å². The van der Waals surface area contributed by atoms with Gasteiger partial charge in [0.05, 0.1) is 5.37 Å². The quantitative estimate of drug-likeness (QED) is 0.365. The van der Waals surface area contributed by atoms with Gasteiger partial charge in [0.25, 0.3) is 0 Å². The maximum absolute atomic E-state index is 5.60. The van der Waals surface area contributed by atoms with Crippen molar-refractivity contribution in [3.63, 3.8) is 0 Å². The van der Waals surface area contributed by atoms with Gasteiger partial charge >= 0.3 is 0 Å². The molecule has 3 heteroatoms. The van der Waals surface area contributed by atoms with Gasteiger partial charge in [-0.2, -0.15) is 12.6 Å². The van der Waals surface area contributed by atoms with Gasteiger partial charge in [-0.25, -0.2) is 0 Å². The highest BCUT2D eigenvalue weighted by Gasteiger charge is 2.16. The van der Waals surface area contributed by atoms with E-state index in [9.17, 15) is 0 Å². The van der Waals surface area contributed by atoms with Crippen LogP contribution in [0.4, 0.5) is 0 Å². The van der Waals surface area contributed by atoms with Gasteiger partial charge in [0.2, 0.25) is 0 Å². The summed E-state index contributed by atoms with van der Waals surface area (Å²) in [6.45, 7) is 2.22. The molecule has 54 valence electrons. The van der Waals surface area contributed by atoms with E-state index >= 15 is 0 Å². The molecular weight excluding hydrogens is 132 g/mol. The van der Waals surface area contributed by atoms with E-state index < -0.39 is 0 Å². The Hall–Kier alpha value is 0.270. The van der Waals surface area contributed by atoms with E-state index in [1.54, 1.807) is 0 Å². The summed E-state index contributed by atoms with van der Waals surface area (Å²) in [5.74, 6) is 0.634. The second-order valence-corrected chi connectivity index (χ2v) is 3.17. The highest BCUT2D eigenvalue weighted by molar-refractivity contribution is 7.80. The standard InChI is InChI=1S/C6H14N2S/c7-6(9)5-1-3-8-4-2-5/h5-6,8-9H,1-4,7H2. The first-order chi connectivity index (χ1) is 4.30. The molecule has 0 saturated carbocycles. The Balaban J connectivity index is 2.23. The summed E-state index contributed by atoms with van der Waals surface area (Å²) < 4.78 is 0. The Morgan fingerprint density at radius 2 is 2.00 bits per heavy atom. The lowest BCUT2D eigenvalue weighted by atomic mass is 9.98. The minimum atomic E-state index is 0.0899. The third-order valence-corrected chi connectivity index (χ3v) is 2.29. The van der Waals surface area contributed by atoms with Crippen molar-refractivity contribution in [3.05, 3.63) is 0 Å². The van der Waals surface area contributed by atoms with Crippen LogP contribution in [0.15, 0.2) is 0 Å². The minimum Gasteiger partial charge on any atom is -0.319 e. The van der Waals surface area contributed by atoms with E-state index in [0.717, 1.165) is 13.1 Å². The fourth-order valence-electron chi connectivity index (χ4n) is 1.19. The molecule has 1 saturated heterocycles. The molecule has 1 atom stereocenters. The zero-order valence-corrected chi connectivity index (χ0v) is 6.40. The number of thiol groups is 1. The average molecular weight is 146 g/mol. The molecule has 0 aromatic rings. The molecule has 2 nitrogen and oxygen atoms in total. The average Bonchev–Trinajstić information content (AvgIpc) is 1.90. The maximum atomic E-state index is 5.60. The number of nitrogens with one attached hydrogen (secondary N) is 1. The van der Waals surface area contributed by atoms with Crippen LogP contribution in [0, 0.1) is 5.92 Å². The van der Waals surface area contributed by atoms with Crippen LogP contribution in [0.5, 0.6) is 0 Å². The molecule has 0 bridgehead atoms. The smallest absolute Gasteiger partial charge is 0.0506 e. The predicted octanol–water partition coefficient (Wildman–Crippen LogP) is 0.201. The topological polar surface area (TPSA) is 38.0 Å². The van der Waals surface area contributed by atoms with Crippen LogP contribution in [0.1, 0.15) is 12.8 Å². The van der Waals surface area contributed by atoms with Crippen molar-refractivity contribution >= 4 is 12.6 Å². The first-order valence-electron chi connectivity index (χ1n) is 3.45. The van der Waals surface area contributed by atoms with E-state index in [1.165, 1.54) is 12.8 Å². The van der Waals surface area contributed by atoms with E-state index in [4.69, 9.17) is 5.73 Å². The van der Waals surface area contributed by atoms with Crippen molar-refractivity contribution in [1.29, 1.82) is 0 Å². The lowest BCUT2D eigenvalue weighted by molar-refractivity contribution is 0.368. The fraction of sp³-hybridized carbons (Fsp3) is 1.00. The van der Waals surface area contributed by atoms with Gasteiger partial charge in [0.1, 0.15) is 0 Å². The molecule has 1 aliphatic rings. The largest absolute Gasteiger partial charge is 0.319 e. The highest BCUT2D eigenvalue weighted by Crippen LogP contribution is 2.16. The monoisotopic (exact) mass is 146 g/mol. The van der Waals surface area contributed by atoms with Gasteiger partial charge in [-0.15, -0.1) is 0 Å². The van der Waals surface area contributed by atoms with Crippen molar-refractivity contribution in [2.45, 2.75) is 18.2 Å². The molecule has 1 unspecified atom stereocenters. The van der Waals surface area contributed by atoms with Crippen molar-refractivity contribution < 1.29 is 0 Å². The first-order valence-corrected chi connectivity index (χ1v) is 3.96. The molecule has 0 aromatic heterocycles. The maximum Gasteiger partial charge on any atom is 0.0506 e. The second kappa shape index (κ2) is 3.44. The third kappa shape index (κ3) is 2.16. The van der Waals surface area contributed by atoms with Gasteiger partial charge in [-0.05, 0) is 31.8 Å². The predicted molar refractivity (Wildman–Crippen MR) is 42.6 cm³/mol. The molecule has 1 heterocycles. The van der Waals surface area contributed by atoms with Crippen LogP contribution in [-0.4, -0.2) is 18.5 Å². The molecular formula is C6H14N2S. The minimum absolute atomic E-state index is 0.0899. The van der Waals surface area contributed by atoms with Crippen LogP contribution in [0.2, 0.25) is 0 Å². The van der Waals surface area contributed by atoms with Crippen LogP contribution in [-0.2, 0) is 0 Å². The molecule has 3 N–H and O–H groups in total. The summed E-state index contributed by atoms with van der Waals surface area (Å²) in [4.78, 5) is 0. The molecule has 0 spiro atoms. The number of hydrogen-bond donors (Lipinski definition) is 3. The Labute approximate surface area is 61.6 Å². The summed E-state index contributed by atoms with van der Waals surface area (Å²) in [6.07, 6.45) is 2.37. The lowest BCUT2D eigenvalue weighted by Crippen LogP contribution is -2.35. The molecule has 1 rings (SSSR count). The van der Waals surface area contributed by atoms with Gasteiger partial charge < -0.3 is 11.1 Å². The highest BCUT2D eigenvalue weighted by atomic mass is 32.1. The van der Waals surface area contributed by atoms with Crippen molar-refractivity contribution in [3.8, 4) is 0 Å². The molecule has 0 aliphatic carbocycles. The number of nitrogens with two attached hydrogens (primary N) is 1. The fourth-order valence-corrected chi connectivity index (χ4v) is 1.48. The SMILES string of the molecule is NC(S)C1CCNCC1. The first kappa shape index (κ1) is 7.38. The molecule has 9 heavy (non-hydrogen) atoms. The summed E-state index contributed by atoms with van der Waals surface area (Å²) >= 11 is 4.19. The molecule has 1 aliphatic heterocycles. The van der Waals surface area contributed by atoms with E-state index in [-0.39, 0.29) is 5.37 Å². The molecule has 0 amide bonds. The summed E-state index contributed by atoms with van der Waals surface area (Å²) in [7, 11) is 0. The Bertz CT molecular complexity index is 79.1. The van der Waals surface area contributed by atoms with Gasteiger partial charge in [0, 0.05) is 0 Å². The lowest BCUT2D eigenvalue weighted by Gasteiger charge is -2.24. The zero-order chi connectivity index (χ0) is 6.69. The number of hydrogen-bond acceptors (Lipinski definition) is 3. The van der Waals surface area contributed by atoms with Gasteiger partial charge in [-0.1, -0.05) is 0 Å². The molecule has 0 aromatic carbocycles. The number of piperidine rings is 1. The van der Waals surface area contributed by atoms with Gasteiger partial charge in [0.15, 0.2) is 0 Å². The summed E-state index contributed by atoms with van der Waals surface area (Å²) in [5, 5.41) is 3.37. The van der Waals surface area contributed by atoms with Crippen LogP contribution in [0.3, 0.4) is 0 Å². The Morgan fingerprint density at radius 1 is 1.44 bits per heavy atom. The van der Waals surface area contributed by atoms with Crippen LogP contribution < -0.4 is 11.1 Å². The zero-order valence-electron chi connectivity index (χ0n) is 5.51. The van der Waals surface area contributed by atoms with Crippen molar-refractivity contribution in [1.82, 2.24) is 5.32 Å². The van der Waals surface area contributed by atoms with Crippen LogP contribution >= 0.6 is 12.6 Å². The van der Waals surface area contributed by atoms with E-state index in [2.05, 4.69) is 17.9 Å². The summed E-state index contributed by atoms with van der Waals surface area (Å²) in [6, 6.07) is 0. The Kier molecular flexibility index (Phi) is 2.82. The van der Waals surface area contributed by atoms with Crippen LogP contribution in [0.25, 0.3) is 0 Å². The van der Waals surface area contributed by atoms with E-state index in [1.807, 2.05) is 0 Å². The normalized spacial score (nSPS) is 26.0. The van der Waals surface area contributed by atoms with Crippen molar-refractivity contribution in [2.24, 2.45) is 11.7 Å². The third-order valence-electron chi connectivity index (χ3n) is 1.87. The van der Waals surface area contributed by atoms with Gasteiger partial charge in [-0.3, -0.25) is 0 Å². The Morgan fingerprint density at radius 3 is 2.33 bits per heavy atom. The molecule has 1 fully saturated rings. The van der Waals surface area contributed by atoms with Crippen molar-refractivity contribution in [2.75, 3.05) is 13.1 Å². The second-order valence-electron chi connectivity index (χ2n) is 2.58. The number of rotatable bonds is 1. The summed E-state index contributed by atoms with van der Waals surface area (Å²) in [5.41, 5.74) is 5.60. The molecule has 0 radical (unpaired) electrons.